The Morgan fingerprint density at radius 2 is 0.926 bits per heavy atom. The molecule has 0 bridgehead atoms. The third-order valence-electron chi connectivity index (χ3n) is 7.72. The maximum atomic E-state index is 10.2. The average molecular weight is 363 g/mol. The van der Waals surface area contributed by atoms with Crippen LogP contribution in [-0.4, -0.2) is 22.4 Å². The number of rotatable bonds is 2. The molecular formula is C25H30O2. The Morgan fingerprint density at radius 3 is 1.33 bits per heavy atom. The van der Waals surface area contributed by atoms with Crippen molar-refractivity contribution < 1.29 is 10.2 Å². The lowest BCUT2D eigenvalue weighted by molar-refractivity contribution is 0.0436. The Kier molecular flexibility index (Phi) is 4.37. The lowest BCUT2D eigenvalue weighted by atomic mass is 9.54. The van der Waals surface area contributed by atoms with Crippen molar-refractivity contribution in [2.75, 3.05) is 0 Å². The molecule has 2 aromatic rings. The summed E-state index contributed by atoms with van der Waals surface area (Å²) >= 11 is 0. The van der Waals surface area contributed by atoms with E-state index in [-0.39, 0.29) is 17.6 Å². The van der Waals surface area contributed by atoms with Crippen LogP contribution in [0.1, 0.15) is 62.5 Å². The van der Waals surface area contributed by atoms with E-state index in [1.54, 1.807) is 0 Å². The van der Waals surface area contributed by atoms with E-state index in [1.165, 1.54) is 22.3 Å². The van der Waals surface area contributed by atoms with Gasteiger partial charge < -0.3 is 10.2 Å². The number of hydrogen-bond donors (Lipinski definition) is 2. The summed E-state index contributed by atoms with van der Waals surface area (Å²) in [6.45, 7) is 0. The van der Waals surface area contributed by atoms with Gasteiger partial charge in [0.1, 0.15) is 0 Å². The van der Waals surface area contributed by atoms with Crippen molar-refractivity contribution in [3.05, 3.63) is 59.7 Å². The summed E-state index contributed by atoms with van der Waals surface area (Å²) in [5.41, 5.74) is 5.88. The summed E-state index contributed by atoms with van der Waals surface area (Å²) in [6, 6.07) is 18.1. The highest BCUT2D eigenvalue weighted by molar-refractivity contribution is 5.81. The molecule has 2 saturated carbocycles. The standard InChI is InChI=1S/C25H30O2/c26-19-13-9-17(10-14-19)25(18-11-15-20(27)16-12-18)23-7-3-1-5-21(23)22-6-2-4-8-24(22)25/h1-8,17-20,26-27H,9-16H2. The highest BCUT2D eigenvalue weighted by Crippen LogP contribution is 2.61. The van der Waals surface area contributed by atoms with Crippen molar-refractivity contribution in [2.24, 2.45) is 11.8 Å². The molecule has 3 aliphatic carbocycles. The van der Waals surface area contributed by atoms with Crippen LogP contribution in [0.3, 0.4) is 0 Å². The van der Waals surface area contributed by atoms with Crippen LogP contribution in [0.15, 0.2) is 48.5 Å². The van der Waals surface area contributed by atoms with Gasteiger partial charge in [-0.25, -0.2) is 0 Å². The Labute approximate surface area is 162 Å². The van der Waals surface area contributed by atoms with Crippen molar-refractivity contribution in [3.8, 4) is 11.1 Å². The first-order valence-electron chi connectivity index (χ1n) is 10.8. The molecule has 27 heavy (non-hydrogen) atoms. The zero-order valence-electron chi connectivity index (χ0n) is 16.0. The molecule has 0 amide bonds. The Hall–Kier alpha value is -1.64. The van der Waals surface area contributed by atoms with Gasteiger partial charge in [0, 0.05) is 5.41 Å². The summed E-state index contributed by atoms with van der Waals surface area (Å²) in [4.78, 5) is 0. The van der Waals surface area contributed by atoms with E-state index in [0.717, 1.165) is 51.4 Å². The first-order chi connectivity index (χ1) is 13.2. The first kappa shape index (κ1) is 17.5. The fourth-order valence-corrected chi connectivity index (χ4v) is 6.58. The van der Waals surface area contributed by atoms with Crippen LogP contribution in [0.2, 0.25) is 0 Å². The number of benzene rings is 2. The molecule has 0 spiro atoms. The quantitative estimate of drug-likeness (QED) is 0.784. The second-order valence-corrected chi connectivity index (χ2v) is 8.97. The predicted octanol–water partition coefficient (Wildman–Crippen LogP) is 5.06. The summed E-state index contributed by atoms with van der Waals surface area (Å²) in [7, 11) is 0. The molecule has 2 nitrogen and oxygen atoms in total. The van der Waals surface area contributed by atoms with Crippen molar-refractivity contribution in [3.63, 3.8) is 0 Å². The van der Waals surface area contributed by atoms with Gasteiger partial charge in [-0.2, -0.15) is 0 Å². The second kappa shape index (κ2) is 6.76. The number of hydrogen-bond acceptors (Lipinski definition) is 2. The van der Waals surface area contributed by atoms with Crippen molar-refractivity contribution in [1.29, 1.82) is 0 Å². The van der Waals surface area contributed by atoms with E-state index in [9.17, 15) is 10.2 Å². The number of fused-ring (bicyclic) bond motifs is 3. The summed E-state index contributed by atoms with van der Waals surface area (Å²) < 4.78 is 0. The molecule has 0 saturated heterocycles. The molecule has 0 unspecified atom stereocenters. The smallest absolute Gasteiger partial charge is 0.0540 e. The van der Waals surface area contributed by atoms with Crippen LogP contribution < -0.4 is 0 Å². The number of aliphatic hydroxyl groups excluding tert-OH is 2. The van der Waals surface area contributed by atoms with Crippen molar-refractivity contribution in [2.45, 2.75) is 69.0 Å². The molecule has 142 valence electrons. The molecule has 0 aromatic heterocycles. The van der Waals surface area contributed by atoms with Gasteiger partial charge in [0.05, 0.1) is 12.2 Å². The molecule has 2 fully saturated rings. The Balaban J connectivity index is 1.70. The SMILES string of the molecule is OC1CCC(C2(C3CCC(O)CC3)c3ccccc3-c3ccccc32)CC1. The summed E-state index contributed by atoms with van der Waals surface area (Å²) in [5.74, 6) is 1.15. The maximum Gasteiger partial charge on any atom is 0.0540 e. The lowest BCUT2D eigenvalue weighted by Gasteiger charge is -2.49. The molecule has 0 aliphatic heterocycles. The van der Waals surface area contributed by atoms with Crippen LogP contribution in [0.5, 0.6) is 0 Å². The van der Waals surface area contributed by atoms with Gasteiger partial charge in [0.2, 0.25) is 0 Å². The lowest BCUT2D eigenvalue weighted by Crippen LogP contribution is -2.45. The molecule has 2 aromatic carbocycles. The van der Waals surface area contributed by atoms with E-state index in [2.05, 4.69) is 48.5 Å². The van der Waals surface area contributed by atoms with E-state index in [4.69, 9.17) is 0 Å². The second-order valence-electron chi connectivity index (χ2n) is 8.97. The Morgan fingerprint density at radius 1 is 0.556 bits per heavy atom. The van der Waals surface area contributed by atoms with Gasteiger partial charge >= 0.3 is 0 Å². The van der Waals surface area contributed by atoms with Crippen LogP contribution in [0.25, 0.3) is 11.1 Å². The highest BCUT2D eigenvalue weighted by atomic mass is 16.3. The van der Waals surface area contributed by atoms with Gasteiger partial charge in [-0.15, -0.1) is 0 Å². The third kappa shape index (κ3) is 2.61. The molecule has 2 N–H and O–H groups in total. The molecule has 0 heterocycles. The minimum absolute atomic E-state index is 0.0491. The Bertz CT molecular complexity index is 741. The molecule has 5 rings (SSSR count). The minimum Gasteiger partial charge on any atom is -0.393 e. The third-order valence-corrected chi connectivity index (χ3v) is 7.72. The van der Waals surface area contributed by atoms with Gasteiger partial charge in [0.25, 0.3) is 0 Å². The van der Waals surface area contributed by atoms with E-state index in [0.29, 0.717) is 11.8 Å². The monoisotopic (exact) mass is 362 g/mol. The normalized spacial score (nSPS) is 31.9. The summed E-state index contributed by atoms with van der Waals surface area (Å²) in [6.07, 6.45) is 7.84. The minimum atomic E-state index is -0.127. The molecule has 3 aliphatic rings. The van der Waals surface area contributed by atoms with Crippen LogP contribution in [0.4, 0.5) is 0 Å². The van der Waals surface area contributed by atoms with Gasteiger partial charge in [-0.05, 0) is 85.5 Å². The highest BCUT2D eigenvalue weighted by Gasteiger charge is 2.53. The van der Waals surface area contributed by atoms with E-state index >= 15 is 0 Å². The first-order valence-corrected chi connectivity index (χ1v) is 10.8. The van der Waals surface area contributed by atoms with Crippen LogP contribution in [-0.2, 0) is 5.41 Å². The zero-order valence-corrected chi connectivity index (χ0v) is 16.0. The van der Waals surface area contributed by atoms with Crippen molar-refractivity contribution >= 4 is 0 Å². The largest absolute Gasteiger partial charge is 0.393 e. The zero-order chi connectivity index (χ0) is 18.4. The summed E-state index contributed by atoms with van der Waals surface area (Å²) in [5, 5.41) is 20.3. The maximum absolute atomic E-state index is 10.2. The van der Waals surface area contributed by atoms with Gasteiger partial charge in [-0.3, -0.25) is 0 Å². The molecule has 0 radical (unpaired) electrons. The van der Waals surface area contributed by atoms with Gasteiger partial charge in [-0.1, -0.05) is 48.5 Å². The van der Waals surface area contributed by atoms with Crippen LogP contribution in [0, 0.1) is 11.8 Å². The molecular weight excluding hydrogens is 332 g/mol. The fourth-order valence-electron chi connectivity index (χ4n) is 6.58. The van der Waals surface area contributed by atoms with Gasteiger partial charge in [0.15, 0.2) is 0 Å². The molecule has 0 atom stereocenters. The van der Waals surface area contributed by atoms with E-state index < -0.39 is 0 Å². The fraction of sp³-hybridized carbons (Fsp3) is 0.520. The predicted molar refractivity (Wildman–Crippen MR) is 109 cm³/mol. The molecule has 2 heteroatoms. The topological polar surface area (TPSA) is 40.5 Å². The van der Waals surface area contributed by atoms with Crippen molar-refractivity contribution in [1.82, 2.24) is 0 Å². The van der Waals surface area contributed by atoms with E-state index in [1.807, 2.05) is 0 Å². The average Bonchev–Trinajstić information content (AvgIpc) is 3.01. The van der Waals surface area contributed by atoms with Crippen LogP contribution >= 0.6 is 0 Å². The number of aliphatic hydroxyl groups is 2.